The van der Waals surface area contributed by atoms with Crippen LogP contribution < -0.4 is 10.6 Å². The van der Waals surface area contributed by atoms with E-state index in [0.717, 1.165) is 13.1 Å². The van der Waals surface area contributed by atoms with Crippen molar-refractivity contribution in [2.24, 2.45) is 4.99 Å². The summed E-state index contributed by atoms with van der Waals surface area (Å²) < 4.78 is 0. The lowest BCUT2D eigenvalue weighted by molar-refractivity contribution is 0.959. The summed E-state index contributed by atoms with van der Waals surface area (Å²) in [6.45, 7) is 1.60. The lowest BCUT2D eigenvalue weighted by Crippen LogP contribution is -2.26. The van der Waals surface area contributed by atoms with Gasteiger partial charge in [-0.25, -0.2) is 0 Å². The molecule has 3 nitrogen and oxygen atoms in total. The van der Waals surface area contributed by atoms with Crippen LogP contribution in [0.2, 0.25) is 15.1 Å². The highest BCUT2D eigenvalue weighted by Crippen LogP contribution is 2.35. The average Bonchev–Trinajstić information content (AvgIpc) is 2.72. The highest BCUT2D eigenvalue weighted by molar-refractivity contribution is 6.49. The van der Waals surface area contributed by atoms with Crippen LogP contribution in [0.3, 0.4) is 0 Å². The predicted molar refractivity (Wildman–Crippen MR) is 65.4 cm³/mol. The SMILES string of the molecule is Clc1ccc(NC2=NCCN2)c(Cl)c1Cl. The first-order chi connectivity index (χ1) is 7.18. The second-order valence-corrected chi connectivity index (χ2v) is 4.17. The number of nitrogens with one attached hydrogen (secondary N) is 2. The second-order valence-electron chi connectivity index (χ2n) is 3.01. The number of benzene rings is 1. The quantitative estimate of drug-likeness (QED) is 0.765. The molecule has 1 heterocycles. The van der Waals surface area contributed by atoms with Crippen LogP contribution in [0.25, 0.3) is 0 Å². The van der Waals surface area contributed by atoms with Crippen molar-refractivity contribution in [1.29, 1.82) is 0 Å². The number of anilines is 1. The molecule has 2 rings (SSSR count). The molecule has 1 aliphatic rings. The van der Waals surface area contributed by atoms with Crippen molar-refractivity contribution in [2.75, 3.05) is 18.4 Å². The zero-order valence-corrected chi connectivity index (χ0v) is 9.92. The Bertz CT molecular complexity index is 417. The number of halogens is 3. The van der Waals surface area contributed by atoms with Gasteiger partial charge in [0.05, 0.1) is 27.3 Å². The van der Waals surface area contributed by atoms with Crippen LogP contribution in [0.1, 0.15) is 0 Å². The van der Waals surface area contributed by atoms with Gasteiger partial charge in [-0.15, -0.1) is 0 Å². The van der Waals surface area contributed by atoms with Crippen LogP contribution >= 0.6 is 34.8 Å². The number of rotatable bonds is 1. The Morgan fingerprint density at radius 1 is 1.20 bits per heavy atom. The van der Waals surface area contributed by atoms with Crippen LogP contribution in [0.5, 0.6) is 0 Å². The topological polar surface area (TPSA) is 36.4 Å². The lowest BCUT2D eigenvalue weighted by Gasteiger charge is -2.09. The second kappa shape index (κ2) is 4.47. The van der Waals surface area contributed by atoms with Crippen molar-refractivity contribution in [2.45, 2.75) is 0 Å². The summed E-state index contributed by atoms with van der Waals surface area (Å²) in [5.41, 5.74) is 0.694. The standard InChI is InChI=1S/C9H8Cl3N3/c10-5-1-2-6(8(12)7(5)11)15-9-13-3-4-14-9/h1-2H,3-4H2,(H2,13,14,15). The third-order valence-corrected chi connectivity index (χ3v) is 3.26. The molecule has 0 spiro atoms. The van der Waals surface area contributed by atoms with E-state index in [-0.39, 0.29) is 0 Å². The fourth-order valence-corrected chi connectivity index (χ4v) is 1.81. The van der Waals surface area contributed by atoms with Crippen molar-refractivity contribution < 1.29 is 0 Å². The van der Waals surface area contributed by atoms with Gasteiger partial charge in [-0.3, -0.25) is 4.99 Å². The molecular formula is C9H8Cl3N3. The van der Waals surface area contributed by atoms with Crippen molar-refractivity contribution in [3.05, 3.63) is 27.2 Å². The number of hydrogen-bond donors (Lipinski definition) is 2. The van der Waals surface area contributed by atoms with Gasteiger partial charge < -0.3 is 10.6 Å². The van der Waals surface area contributed by atoms with E-state index >= 15 is 0 Å². The van der Waals surface area contributed by atoms with Gasteiger partial charge in [-0.2, -0.15) is 0 Å². The first-order valence-corrected chi connectivity index (χ1v) is 5.50. The number of aliphatic imine (C=N–C) groups is 1. The van der Waals surface area contributed by atoms with E-state index in [2.05, 4.69) is 15.6 Å². The maximum Gasteiger partial charge on any atom is 0.195 e. The smallest absolute Gasteiger partial charge is 0.195 e. The predicted octanol–water partition coefficient (Wildman–Crippen LogP) is 3.02. The molecule has 0 atom stereocenters. The average molecular weight is 265 g/mol. The van der Waals surface area contributed by atoms with Gasteiger partial charge in [0.2, 0.25) is 0 Å². The van der Waals surface area contributed by atoms with Gasteiger partial charge >= 0.3 is 0 Å². The van der Waals surface area contributed by atoms with E-state index < -0.39 is 0 Å². The molecule has 1 aromatic carbocycles. The minimum Gasteiger partial charge on any atom is -0.354 e. The minimum atomic E-state index is 0.349. The molecule has 0 bridgehead atoms. The highest BCUT2D eigenvalue weighted by Gasteiger charge is 2.11. The zero-order chi connectivity index (χ0) is 10.8. The van der Waals surface area contributed by atoms with Crippen molar-refractivity contribution in [3.63, 3.8) is 0 Å². The van der Waals surface area contributed by atoms with E-state index in [1.807, 2.05) is 0 Å². The van der Waals surface area contributed by atoms with Crippen LogP contribution in [0.4, 0.5) is 5.69 Å². The highest BCUT2D eigenvalue weighted by atomic mass is 35.5. The minimum absolute atomic E-state index is 0.349. The summed E-state index contributed by atoms with van der Waals surface area (Å²) >= 11 is 17.7. The van der Waals surface area contributed by atoms with E-state index in [0.29, 0.717) is 26.7 Å². The molecule has 15 heavy (non-hydrogen) atoms. The maximum absolute atomic E-state index is 6.02. The number of nitrogens with zero attached hydrogens (tertiary/aromatic N) is 1. The van der Waals surface area contributed by atoms with Crippen LogP contribution in [0, 0.1) is 0 Å². The monoisotopic (exact) mass is 263 g/mol. The van der Waals surface area contributed by atoms with Gasteiger partial charge in [-0.05, 0) is 12.1 Å². The summed E-state index contributed by atoms with van der Waals surface area (Å²) in [5.74, 6) is 0.704. The fourth-order valence-electron chi connectivity index (χ4n) is 1.23. The van der Waals surface area contributed by atoms with Crippen molar-refractivity contribution >= 4 is 46.4 Å². The molecule has 2 N–H and O–H groups in total. The third kappa shape index (κ3) is 2.30. The summed E-state index contributed by atoms with van der Waals surface area (Å²) in [7, 11) is 0. The summed E-state index contributed by atoms with van der Waals surface area (Å²) in [5, 5.41) is 7.30. The summed E-state index contributed by atoms with van der Waals surface area (Å²) in [4.78, 5) is 4.18. The Hall–Kier alpha value is -0.640. The normalized spacial score (nSPS) is 14.7. The van der Waals surface area contributed by atoms with Gasteiger partial charge in [0, 0.05) is 6.54 Å². The molecule has 80 valence electrons. The molecule has 0 radical (unpaired) electrons. The van der Waals surface area contributed by atoms with Gasteiger partial charge in [-0.1, -0.05) is 34.8 Å². The molecule has 1 aliphatic heterocycles. The van der Waals surface area contributed by atoms with E-state index in [4.69, 9.17) is 34.8 Å². The summed E-state index contributed by atoms with van der Waals surface area (Å²) in [6, 6.07) is 3.45. The van der Waals surface area contributed by atoms with Gasteiger partial charge in [0.25, 0.3) is 0 Å². The molecule has 0 aliphatic carbocycles. The van der Waals surface area contributed by atoms with Crippen LogP contribution in [0.15, 0.2) is 17.1 Å². The molecule has 0 aromatic heterocycles. The van der Waals surface area contributed by atoms with Gasteiger partial charge in [0.1, 0.15) is 0 Å². The lowest BCUT2D eigenvalue weighted by atomic mass is 10.3. The van der Waals surface area contributed by atoms with Crippen LogP contribution in [-0.2, 0) is 0 Å². The van der Waals surface area contributed by atoms with Crippen molar-refractivity contribution in [3.8, 4) is 0 Å². The third-order valence-electron chi connectivity index (χ3n) is 1.96. The van der Waals surface area contributed by atoms with Crippen molar-refractivity contribution in [1.82, 2.24) is 5.32 Å². The first-order valence-electron chi connectivity index (χ1n) is 4.37. The largest absolute Gasteiger partial charge is 0.354 e. The molecule has 0 fully saturated rings. The Kier molecular flexibility index (Phi) is 3.24. The molecule has 1 aromatic rings. The van der Waals surface area contributed by atoms with Crippen LogP contribution in [-0.4, -0.2) is 19.0 Å². The van der Waals surface area contributed by atoms with E-state index in [9.17, 15) is 0 Å². The fraction of sp³-hybridized carbons (Fsp3) is 0.222. The Morgan fingerprint density at radius 2 is 2.00 bits per heavy atom. The molecule has 0 amide bonds. The number of hydrogen-bond acceptors (Lipinski definition) is 3. The van der Waals surface area contributed by atoms with Gasteiger partial charge in [0.15, 0.2) is 5.96 Å². The molecule has 0 unspecified atom stereocenters. The first kappa shape index (κ1) is 10.9. The Balaban J connectivity index is 2.25. The van der Waals surface area contributed by atoms with E-state index in [1.54, 1.807) is 12.1 Å². The molecule has 0 saturated heterocycles. The van der Waals surface area contributed by atoms with E-state index in [1.165, 1.54) is 0 Å². The maximum atomic E-state index is 6.02. The molecule has 6 heteroatoms. The molecular weight excluding hydrogens is 256 g/mol. The summed E-state index contributed by atoms with van der Waals surface area (Å²) in [6.07, 6.45) is 0. The Morgan fingerprint density at radius 3 is 2.67 bits per heavy atom. The Labute approximate surface area is 102 Å². The number of guanidine groups is 1. The molecule has 0 saturated carbocycles. The zero-order valence-electron chi connectivity index (χ0n) is 7.65.